The number of unbranched alkanes of at least 4 members (excludes halogenated alkanes) is 3. The third-order valence-corrected chi connectivity index (χ3v) is 2.41. The molecule has 0 unspecified atom stereocenters. The molecule has 0 atom stereocenters. The Morgan fingerprint density at radius 2 is 1.79 bits per heavy atom. The first-order valence-electron chi connectivity index (χ1n) is 4.50. The summed E-state index contributed by atoms with van der Waals surface area (Å²) in [5.74, 6) is -0.497. The maximum Gasteiger partial charge on any atom is 0.302 e. The van der Waals surface area contributed by atoms with Gasteiger partial charge in [0, 0.05) is 6.92 Å². The minimum absolute atomic E-state index is 0.194. The van der Waals surface area contributed by atoms with Crippen molar-refractivity contribution in [3.63, 3.8) is 0 Å². The Hall–Kier alpha value is -0.620. The van der Waals surface area contributed by atoms with Gasteiger partial charge in [-0.3, -0.25) is 9.35 Å². The summed E-state index contributed by atoms with van der Waals surface area (Å²) < 4.78 is 33.7. The van der Waals surface area contributed by atoms with E-state index >= 15 is 0 Å². The average molecular weight is 224 g/mol. The molecule has 0 aliphatic rings. The highest BCUT2D eigenvalue weighted by molar-refractivity contribution is 7.85. The molecule has 0 radical (unpaired) electrons. The van der Waals surface area contributed by atoms with E-state index < -0.39 is 10.1 Å². The number of ether oxygens (including phenoxy) is 1. The van der Waals surface area contributed by atoms with Crippen LogP contribution in [0.3, 0.4) is 0 Å². The molecule has 0 aliphatic heterocycles. The maximum atomic E-state index is 10.3. The van der Waals surface area contributed by atoms with E-state index in [-0.39, 0.29) is 11.7 Å². The molecule has 0 aromatic heterocycles. The van der Waals surface area contributed by atoms with Gasteiger partial charge < -0.3 is 4.74 Å². The van der Waals surface area contributed by atoms with Gasteiger partial charge in [-0.15, -0.1) is 0 Å². The number of carbonyl (C=O) groups is 1. The summed E-state index contributed by atoms with van der Waals surface area (Å²) in [6.45, 7) is 1.72. The Morgan fingerprint density at radius 1 is 1.21 bits per heavy atom. The minimum atomic E-state index is -3.82. The van der Waals surface area contributed by atoms with Crippen molar-refractivity contribution in [3.05, 3.63) is 0 Å². The van der Waals surface area contributed by atoms with Crippen LogP contribution in [0.5, 0.6) is 0 Å². The average Bonchev–Trinajstić information content (AvgIpc) is 2.00. The van der Waals surface area contributed by atoms with Gasteiger partial charge in [0.1, 0.15) is 0 Å². The summed E-state index contributed by atoms with van der Waals surface area (Å²) in [5, 5.41) is 0. The van der Waals surface area contributed by atoms with Crippen LogP contribution in [0.2, 0.25) is 0 Å². The van der Waals surface area contributed by atoms with Crippen molar-refractivity contribution in [1.29, 1.82) is 0 Å². The summed E-state index contributed by atoms with van der Waals surface area (Å²) in [4.78, 5) is 10.3. The summed E-state index contributed by atoms with van der Waals surface area (Å²) >= 11 is 0. The van der Waals surface area contributed by atoms with Gasteiger partial charge in [0.2, 0.25) is 0 Å². The number of esters is 1. The number of hydrogen-bond donors (Lipinski definition) is 1. The SMILES string of the molecule is CC(=O)OCCCCCCS(=O)(=O)O. The quantitative estimate of drug-likeness (QED) is 0.396. The molecule has 5 nitrogen and oxygen atoms in total. The topological polar surface area (TPSA) is 80.7 Å². The standard InChI is InChI=1S/C8H16O5S/c1-8(9)13-6-4-2-3-5-7-14(10,11)12/h2-7H2,1H3,(H,10,11,12). The number of hydrogen-bond acceptors (Lipinski definition) is 4. The van der Waals surface area contributed by atoms with Crippen LogP contribution in [0, 0.1) is 0 Å². The molecule has 6 heteroatoms. The first-order valence-corrected chi connectivity index (χ1v) is 6.11. The van der Waals surface area contributed by atoms with Gasteiger partial charge >= 0.3 is 5.97 Å². The monoisotopic (exact) mass is 224 g/mol. The number of rotatable bonds is 7. The van der Waals surface area contributed by atoms with Crippen molar-refractivity contribution < 1.29 is 22.5 Å². The summed E-state index contributed by atoms with van der Waals surface area (Å²) in [6.07, 6.45) is 2.67. The highest BCUT2D eigenvalue weighted by Crippen LogP contribution is 2.02. The molecule has 1 N–H and O–H groups in total. The van der Waals surface area contributed by atoms with Crippen molar-refractivity contribution in [2.24, 2.45) is 0 Å². The Bertz CT molecular complexity index is 257. The summed E-state index contributed by atoms with van der Waals surface area (Å²) in [6, 6.07) is 0. The van der Waals surface area contributed by atoms with Crippen molar-refractivity contribution >= 4 is 16.1 Å². The zero-order valence-electron chi connectivity index (χ0n) is 8.23. The van der Waals surface area contributed by atoms with E-state index in [1.54, 1.807) is 0 Å². The molecule has 0 saturated carbocycles. The molecule has 0 amide bonds. The molecule has 84 valence electrons. The molecule has 0 aromatic carbocycles. The Balaban J connectivity index is 3.19. The third-order valence-electron chi connectivity index (χ3n) is 1.60. The van der Waals surface area contributed by atoms with Crippen LogP contribution in [0.1, 0.15) is 32.6 Å². The van der Waals surface area contributed by atoms with Crippen molar-refractivity contribution in [2.75, 3.05) is 12.4 Å². The lowest BCUT2D eigenvalue weighted by Crippen LogP contribution is -2.04. The molecule has 0 aliphatic carbocycles. The van der Waals surface area contributed by atoms with Gasteiger partial charge in [0.25, 0.3) is 10.1 Å². The van der Waals surface area contributed by atoms with E-state index in [9.17, 15) is 13.2 Å². The van der Waals surface area contributed by atoms with Crippen LogP contribution in [0.4, 0.5) is 0 Å². The molecule has 14 heavy (non-hydrogen) atoms. The van der Waals surface area contributed by atoms with Gasteiger partial charge in [-0.25, -0.2) is 0 Å². The van der Waals surface area contributed by atoms with Crippen LogP contribution >= 0.6 is 0 Å². The smallest absolute Gasteiger partial charge is 0.302 e. The zero-order valence-corrected chi connectivity index (χ0v) is 9.05. The van der Waals surface area contributed by atoms with Gasteiger partial charge in [-0.1, -0.05) is 12.8 Å². The van der Waals surface area contributed by atoms with E-state index in [1.165, 1.54) is 6.92 Å². The molecule has 0 heterocycles. The minimum Gasteiger partial charge on any atom is -0.466 e. The van der Waals surface area contributed by atoms with E-state index in [2.05, 4.69) is 4.74 Å². The van der Waals surface area contributed by atoms with Crippen molar-refractivity contribution in [3.8, 4) is 0 Å². The normalized spacial score (nSPS) is 11.3. The lowest BCUT2D eigenvalue weighted by atomic mass is 10.2. The molecule has 0 bridgehead atoms. The molecular weight excluding hydrogens is 208 g/mol. The second-order valence-corrected chi connectivity index (χ2v) is 4.61. The summed E-state index contributed by atoms with van der Waals surface area (Å²) in [7, 11) is -3.82. The predicted molar refractivity (Wildman–Crippen MR) is 51.5 cm³/mol. The van der Waals surface area contributed by atoms with Gasteiger partial charge in [0.05, 0.1) is 12.4 Å². The molecule has 0 rings (SSSR count). The molecule has 0 aromatic rings. The van der Waals surface area contributed by atoms with E-state index in [4.69, 9.17) is 4.55 Å². The van der Waals surface area contributed by atoms with Crippen LogP contribution in [-0.2, 0) is 19.6 Å². The molecule has 0 fully saturated rings. The van der Waals surface area contributed by atoms with Crippen LogP contribution < -0.4 is 0 Å². The fourth-order valence-electron chi connectivity index (χ4n) is 0.956. The lowest BCUT2D eigenvalue weighted by molar-refractivity contribution is -0.141. The van der Waals surface area contributed by atoms with Crippen LogP contribution in [0.25, 0.3) is 0 Å². The molecule has 0 spiro atoms. The zero-order chi connectivity index (χ0) is 11.0. The third kappa shape index (κ3) is 11.4. The van der Waals surface area contributed by atoms with E-state index in [1.807, 2.05) is 0 Å². The molecule has 0 saturated heterocycles. The van der Waals surface area contributed by atoms with E-state index in [0.717, 1.165) is 12.8 Å². The van der Waals surface area contributed by atoms with E-state index in [0.29, 0.717) is 19.4 Å². The lowest BCUT2D eigenvalue weighted by Gasteiger charge is -2.01. The molecular formula is C8H16O5S. The van der Waals surface area contributed by atoms with Gasteiger partial charge in [0.15, 0.2) is 0 Å². The highest BCUT2D eigenvalue weighted by Gasteiger charge is 2.02. The Morgan fingerprint density at radius 3 is 2.29 bits per heavy atom. The van der Waals surface area contributed by atoms with Crippen molar-refractivity contribution in [2.45, 2.75) is 32.6 Å². The maximum absolute atomic E-state index is 10.3. The Labute approximate surface area is 84.2 Å². The second-order valence-electron chi connectivity index (χ2n) is 3.04. The largest absolute Gasteiger partial charge is 0.466 e. The van der Waals surface area contributed by atoms with Crippen molar-refractivity contribution in [1.82, 2.24) is 0 Å². The second kappa shape index (κ2) is 6.78. The summed E-state index contributed by atoms with van der Waals surface area (Å²) in [5.41, 5.74) is 0. The first kappa shape index (κ1) is 13.4. The fraction of sp³-hybridized carbons (Fsp3) is 0.875. The fourth-order valence-corrected chi connectivity index (χ4v) is 1.52. The van der Waals surface area contributed by atoms with Gasteiger partial charge in [-0.05, 0) is 12.8 Å². The van der Waals surface area contributed by atoms with Crippen LogP contribution in [-0.4, -0.2) is 31.3 Å². The van der Waals surface area contributed by atoms with Gasteiger partial charge in [-0.2, -0.15) is 8.42 Å². The van der Waals surface area contributed by atoms with Crippen LogP contribution in [0.15, 0.2) is 0 Å². The highest BCUT2D eigenvalue weighted by atomic mass is 32.2. The first-order chi connectivity index (χ1) is 6.42. The predicted octanol–water partition coefficient (Wildman–Crippen LogP) is 0.998. The number of carbonyl (C=O) groups excluding carboxylic acids is 1. The Kier molecular flexibility index (Phi) is 6.48.